The molecule has 2 unspecified atom stereocenters. The molecule has 5 nitrogen and oxygen atoms in total. The molecule has 0 radical (unpaired) electrons. The first-order valence-electron chi connectivity index (χ1n) is 7.72. The molecule has 0 fully saturated rings. The maximum Gasteiger partial charge on any atom is 0.252 e. The number of nitrogens with two attached hydrogens (primary N) is 1. The van der Waals surface area contributed by atoms with E-state index in [9.17, 15) is 9.59 Å². The number of benzene rings is 1. The molecule has 0 aliphatic rings. The lowest BCUT2D eigenvalue weighted by molar-refractivity contribution is -0.123. The van der Waals surface area contributed by atoms with Gasteiger partial charge in [-0.05, 0) is 37.8 Å². The first-order valence-corrected chi connectivity index (χ1v) is 7.72. The van der Waals surface area contributed by atoms with Crippen molar-refractivity contribution in [2.75, 3.05) is 6.54 Å². The van der Waals surface area contributed by atoms with E-state index in [0.717, 1.165) is 5.56 Å². The Labute approximate surface area is 132 Å². The van der Waals surface area contributed by atoms with E-state index in [1.54, 1.807) is 6.07 Å². The summed E-state index contributed by atoms with van der Waals surface area (Å²) in [4.78, 5) is 24.6. The summed E-state index contributed by atoms with van der Waals surface area (Å²) < 4.78 is 0. The van der Waals surface area contributed by atoms with E-state index >= 15 is 0 Å². The molecule has 0 bridgehead atoms. The van der Waals surface area contributed by atoms with Crippen LogP contribution in [0.25, 0.3) is 0 Å². The topological polar surface area (TPSA) is 84.2 Å². The minimum absolute atomic E-state index is 0.00303. The Morgan fingerprint density at radius 2 is 1.82 bits per heavy atom. The number of carbonyl (C=O) groups excluding carboxylic acids is 2. The van der Waals surface area contributed by atoms with E-state index in [1.807, 2.05) is 45.9 Å². The van der Waals surface area contributed by atoms with Crippen LogP contribution in [0.15, 0.2) is 24.3 Å². The second-order valence-corrected chi connectivity index (χ2v) is 6.07. The SMILES string of the molecule is Cc1ccccc1C(=O)NC(C(=O)NCCC(C)N)C(C)C. The third kappa shape index (κ3) is 5.48. The Kier molecular flexibility index (Phi) is 7.05. The molecule has 0 heterocycles. The van der Waals surface area contributed by atoms with Crippen molar-refractivity contribution in [1.82, 2.24) is 10.6 Å². The van der Waals surface area contributed by atoms with E-state index in [1.165, 1.54) is 0 Å². The van der Waals surface area contributed by atoms with Gasteiger partial charge in [-0.2, -0.15) is 0 Å². The Bertz CT molecular complexity index is 512. The summed E-state index contributed by atoms with van der Waals surface area (Å²) >= 11 is 0. The van der Waals surface area contributed by atoms with Gasteiger partial charge in [0.05, 0.1) is 0 Å². The average Bonchev–Trinajstić information content (AvgIpc) is 2.44. The quantitative estimate of drug-likeness (QED) is 0.715. The van der Waals surface area contributed by atoms with Crippen LogP contribution < -0.4 is 16.4 Å². The predicted molar refractivity (Wildman–Crippen MR) is 88.5 cm³/mol. The zero-order valence-corrected chi connectivity index (χ0v) is 13.8. The second-order valence-electron chi connectivity index (χ2n) is 6.07. The fourth-order valence-corrected chi connectivity index (χ4v) is 2.11. The van der Waals surface area contributed by atoms with Gasteiger partial charge in [-0.15, -0.1) is 0 Å². The van der Waals surface area contributed by atoms with Crippen LogP contribution in [0.5, 0.6) is 0 Å². The highest BCUT2D eigenvalue weighted by Crippen LogP contribution is 2.09. The molecule has 1 aromatic rings. The maximum atomic E-state index is 12.4. The van der Waals surface area contributed by atoms with Crippen molar-refractivity contribution in [3.05, 3.63) is 35.4 Å². The molecule has 0 saturated carbocycles. The van der Waals surface area contributed by atoms with E-state index in [2.05, 4.69) is 10.6 Å². The third-order valence-corrected chi connectivity index (χ3v) is 3.52. The van der Waals surface area contributed by atoms with Crippen molar-refractivity contribution in [1.29, 1.82) is 0 Å². The van der Waals surface area contributed by atoms with E-state index in [-0.39, 0.29) is 23.8 Å². The zero-order chi connectivity index (χ0) is 16.7. The van der Waals surface area contributed by atoms with Gasteiger partial charge in [0.25, 0.3) is 5.91 Å². The fourth-order valence-electron chi connectivity index (χ4n) is 2.11. The molecule has 122 valence electrons. The number of rotatable bonds is 7. The predicted octanol–water partition coefficient (Wildman–Crippen LogP) is 1.60. The van der Waals surface area contributed by atoms with Crippen LogP contribution in [0.3, 0.4) is 0 Å². The minimum Gasteiger partial charge on any atom is -0.354 e. The minimum atomic E-state index is -0.555. The summed E-state index contributed by atoms with van der Waals surface area (Å²) in [6, 6.07) is 6.82. The van der Waals surface area contributed by atoms with Crippen molar-refractivity contribution in [3.63, 3.8) is 0 Å². The summed E-state index contributed by atoms with van der Waals surface area (Å²) in [7, 11) is 0. The Morgan fingerprint density at radius 1 is 1.18 bits per heavy atom. The van der Waals surface area contributed by atoms with Gasteiger partial charge in [-0.25, -0.2) is 0 Å². The van der Waals surface area contributed by atoms with Crippen molar-refractivity contribution in [2.45, 2.75) is 46.2 Å². The van der Waals surface area contributed by atoms with Gasteiger partial charge >= 0.3 is 0 Å². The van der Waals surface area contributed by atoms with Crippen LogP contribution in [0.4, 0.5) is 0 Å². The molecule has 0 aliphatic carbocycles. The van der Waals surface area contributed by atoms with Gasteiger partial charge in [0.2, 0.25) is 5.91 Å². The van der Waals surface area contributed by atoms with Crippen LogP contribution in [-0.4, -0.2) is 30.4 Å². The number of nitrogens with one attached hydrogen (secondary N) is 2. The molecule has 4 N–H and O–H groups in total. The first-order chi connectivity index (χ1) is 10.3. The molecule has 2 amide bonds. The van der Waals surface area contributed by atoms with Crippen LogP contribution in [-0.2, 0) is 4.79 Å². The van der Waals surface area contributed by atoms with E-state index in [4.69, 9.17) is 5.73 Å². The molecular formula is C17H27N3O2. The Balaban J connectivity index is 2.70. The Hall–Kier alpha value is -1.88. The van der Waals surface area contributed by atoms with Gasteiger partial charge in [0.1, 0.15) is 6.04 Å². The fraction of sp³-hybridized carbons (Fsp3) is 0.529. The molecule has 22 heavy (non-hydrogen) atoms. The first kappa shape index (κ1) is 18.2. The van der Waals surface area contributed by atoms with E-state index in [0.29, 0.717) is 18.5 Å². The summed E-state index contributed by atoms with van der Waals surface area (Å²) in [5, 5.41) is 5.66. The number of aryl methyl sites for hydroxylation is 1. The normalized spacial score (nSPS) is 13.5. The summed E-state index contributed by atoms with van der Waals surface area (Å²) in [5.41, 5.74) is 7.15. The van der Waals surface area contributed by atoms with Crippen LogP contribution in [0, 0.1) is 12.8 Å². The molecule has 1 rings (SSSR count). The molecule has 5 heteroatoms. The second kappa shape index (κ2) is 8.54. The summed E-state index contributed by atoms with van der Waals surface area (Å²) in [6.07, 6.45) is 0.711. The van der Waals surface area contributed by atoms with Crippen LogP contribution >= 0.6 is 0 Å². The molecule has 0 saturated heterocycles. The third-order valence-electron chi connectivity index (χ3n) is 3.52. The van der Waals surface area contributed by atoms with Crippen molar-refractivity contribution >= 4 is 11.8 Å². The van der Waals surface area contributed by atoms with Gasteiger partial charge in [0, 0.05) is 18.2 Å². The highest BCUT2D eigenvalue weighted by molar-refractivity contribution is 5.98. The number of hydrogen-bond donors (Lipinski definition) is 3. The van der Waals surface area contributed by atoms with Crippen molar-refractivity contribution in [2.24, 2.45) is 11.7 Å². The maximum absolute atomic E-state index is 12.4. The van der Waals surface area contributed by atoms with Crippen LogP contribution in [0.2, 0.25) is 0 Å². The zero-order valence-electron chi connectivity index (χ0n) is 13.8. The molecule has 0 aliphatic heterocycles. The Morgan fingerprint density at radius 3 is 2.36 bits per heavy atom. The van der Waals surface area contributed by atoms with Gasteiger partial charge in [-0.1, -0.05) is 32.0 Å². The van der Waals surface area contributed by atoms with Gasteiger partial charge in [-0.3, -0.25) is 9.59 Å². The lowest BCUT2D eigenvalue weighted by Gasteiger charge is -2.22. The van der Waals surface area contributed by atoms with Crippen molar-refractivity contribution < 1.29 is 9.59 Å². The number of hydrogen-bond acceptors (Lipinski definition) is 3. The highest BCUT2D eigenvalue weighted by atomic mass is 16.2. The molecule has 2 atom stereocenters. The van der Waals surface area contributed by atoms with E-state index < -0.39 is 6.04 Å². The lowest BCUT2D eigenvalue weighted by atomic mass is 10.0. The van der Waals surface area contributed by atoms with Gasteiger partial charge < -0.3 is 16.4 Å². The van der Waals surface area contributed by atoms with Crippen molar-refractivity contribution in [3.8, 4) is 0 Å². The summed E-state index contributed by atoms with van der Waals surface area (Å²) in [6.45, 7) is 8.11. The summed E-state index contributed by atoms with van der Waals surface area (Å²) in [5.74, 6) is -0.389. The average molecular weight is 305 g/mol. The highest BCUT2D eigenvalue weighted by Gasteiger charge is 2.24. The largest absolute Gasteiger partial charge is 0.354 e. The van der Waals surface area contributed by atoms with Crippen LogP contribution in [0.1, 0.15) is 43.1 Å². The number of carbonyl (C=O) groups is 2. The smallest absolute Gasteiger partial charge is 0.252 e. The lowest BCUT2D eigenvalue weighted by Crippen LogP contribution is -2.50. The molecular weight excluding hydrogens is 278 g/mol. The monoisotopic (exact) mass is 305 g/mol. The molecule has 0 spiro atoms. The standard InChI is InChI=1S/C17H27N3O2/c1-11(2)15(17(22)19-10-9-13(4)18)20-16(21)14-8-6-5-7-12(14)3/h5-8,11,13,15H,9-10,18H2,1-4H3,(H,19,22)(H,20,21). The molecule has 1 aromatic carbocycles. The molecule has 0 aromatic heterocycles. The number of amides is 2. The van der Waals surface area contributed by atoms with Gasteiger partial charge in [0.15, 0.2) is 0 Å².